The van der Waals surface area contributed by atoms with E-state index >= 15 is 0 Å². The Morgan fingerprint density at radius 3 is 2.27 bits per heavy atom. The Labute approximate surface area is 152 Å². The molecule has 26 heavy (non-hydrogen) atoms. The number of amides is 2. The minimum Gasteiger partial charge on any atom is -0.338 e. The summed E-state index contributed by atoms with van der Waals surface area (Å²) in [7, 11) is 0. The number of urea groups is 1. The van der Waals surface area contributed by atoms with Gasteiger partial charge in [0.15, 0.2) is 0 Å². The van der Waals surface area contributed by atoms with E-state index in [9.17, 15) is 9.18 Å². The van der Waals surface area contributed by atoms with E-state index in [0.717, 1.165) is 16.7 Å². The summed E-state index contributed by atoms with van der Waals surface area (Å²) in [5.41, 5.74) is 2.92. The van der Waals surface area contributed by atoms with Crippen molar-refractivity contribution in [3.05, 3.63) is 102 Å². The number of nitrogens with one attached hydrogen (secondary N) is 2. The highest BCUT2D eigenvalue weighted by molar-refractivity contribution is 5.75. The van der Waals surface area contributed by atoms with Gasteiger partial charge in [0.1, 0.15) is 5.82 Å². The third-order valence-corrected chi connectivity index (χ3v) is 4.06. The summed E-state index contributed by atoms with van der Waals surface area (Å²) < 4.78 is 12.9. The molecule has 3 aromatic rings. The van der Waals surface area contributed by atoms with Crippen LogP contribution in [0.5, 0.6) is 0 Å². The van der Waals surface area contributed by atoms with Gasteiger partial charge in [-0.1, -0.05) is 42.5 Å². The number of hydrogen-bond donors (Lipinski definition) is 2. The second kappa shape index (κ2) is 8.76. The van der Waals surface area contributed by atoms with E-state index < -0.39 is 0 Å². The molecule has 0 bridgehead atoms. The molecule has 0 spiro atoms. The van der Waals surface area contributed by atoms with Crippen molar-refractivity contribution < 1.29 is 9.18 Å². The van der Waals surface area contributed by atoms with Crippen LogP contribution in [0.15, 0.2) is 79.1 Å². The van der Waals surface area contributed by atoms with E-state index in [2.05, 4.69) is 15.6 Å². The zero-order valence-electron chi connectivity index (χ0n) is 14.2. The Balaban J connectivity index is 1.61. The summed E-state index contributed by atoms with van der Waals surface area (Å²) in [5, 5.41) is 5.86. The highest BCUT2D eigenvalue weighted by atomic mass is 19.1. The molecule has 2 N–H and O–H groups in total. The Morgan fingerprint density at radius 1 is 0.923 bits per heavy atom. The molecule has 0 fully saturated rings. The fourth-order valence-electron chi connectivity index (χ4n) is 2.71. The highest BCUT2D eigenvalue weighted by Gasteiger charge is 2.16. The molecule has 0 saturated heterocycles. The first-order valence-corrected chi connectivity index (χ1v) is 8.46. The average molecular weight is 349 g/mol. The fourth-order valence-corrected chi connectivity index (χ4v) is 2.71. The smallest absolute Gasteiger partial charge is 0.315 e. The van der Waals surface area contributed by atoms with Gasteiger partial charge in [-0.3, -0.25) is 4.98 Å². The van der Waals surface area contributed by atoms with Crippen molar-refractivity contribution in [1.29, 1.82) is 0 Å². The zero-order chi connectivity index (χ0) is 18.2. The van der Waals surface area contributed by atoms with Crippen LogP contribution in [-0.2, 0) is 6.42 Å². The normalized spacial score (nSPS) is 11.6. The summed E-state index contributed by atoms with van der Waals surface area (Å²) in [6.45, 7) is 0.468. The van der Waals surface area contributed by atoms with Gasteiger partial charge in [-0.2, -0.15) is 0 Å². The molecule has 0 radical (unpaired) electrons. The minimum atomic E-state index is -0.262. The third-order valence-electron chi connectivity index (χ3n) is 4.06. The predicted molar refractivity (Wildman–Crippen MR) is 99.2 cm³/mol. The topological polar surface area (TPSA) is 54.0 Å². The number of carbonyl (C=O) groups is 1. The molecule has 0 aliphatic heterocycles. The van der Waals surface area contributed by atoms with E-state index in [1.54, 1.807) is 24.5 Å². The van der Waals surface area contributed by atoms with Crippen LogP contribution >= 0.6 is 0 Å². The van der Waals surface area contributed by atoms with E-state index in [-0.39, 0.29) is 17.9 Å². The molecule has 3 rings (SSSR count). The summed E-state index contributed by atoms with van der Waals surface area (Å²) in [6.07, 6.45) is 4.05. The van der Waals surface area contributed by atoms with Crippen LogP contribution in [0.2, 0.25) is 0 Å². The Bertz CT molecular complexity index is 783. The van der Waals surface area contributed by atoms with Crippen LogP contribution in [0, 0.1) is 5.82 Å². The Morgan fingerprint density at radius 2 is 1.58 bits per heavy atom. The molecular formula is C21H20FN3O. The molecule has 5 heteroatoms. The van der Waals surface area contributed by atoms with Gasteiger partial charge in [-0.05, 0) is 47.4 Å². The van der Waals surface area contributed by atoms with Gasteiger partial charge < -0.3 is 10.6 Å². The second-order valence-electron chi connectivity index (χ2n) is 5.90. The molecule has 0 saturated carbocycles. The van der Waals surface area contributed by atoms with Crippen molar-refractivity contribution >= 4 is 6.03 Å². The third kappa shape index (κ3) is 4.89. The molecule has 132 valence electrons. The Hall–Kier alpha value is -3.21. The lowest BCUT2D eigenvalue weighted by atomic mass is 10.00. The maximum absolute atomic E-state index is 12.9. The molecule has 1 unspecified atom stereocenters. The lowest BCUT2D eigenvalue weighted by Crippen LogP contribution is -2.39. The summed E-state index contributed by atoms with van der Waals surface area (Å²) in [5.74, 6) is -0.262. The largest absolute Gasteiger partial charge is 0.338 e. The molecule has 0 aliphatic rings. The monoisotopic (exact) mass is 349 g/mol. The molecule has 2 aromatic carbocycles. The van der Waals surface area contributed by atoms with Gasteiger partial charge in [0.05, 0.1) is 6.04 Å². The lowest BCUT2D eigenvalue weighted by molar-refractivity contribution is 0.239. The van der Waals surface area contributed by atoms with Crippen molar-refractivity contribution in [2.45, 2.75) is 12.5 Å². The number of pyridine rings is 1. The lowest BCUT2D eigenvalue weighted by Gasteiger charge is -2.20. The number of rotatable bonds is 6. The van der Waals surface area contributed by atoms with Crippen LogP contribution in [0.3, 0.4) is 0 Å². The molecule has 2 amide bonds. The van der Waals surface area contributed by atoms with Gasteiger partial charge in [-0.15, -0.1) is 0 Å². The van der Waals surface area contributed by atoms with Crippen LogP contribution in [0.4, 0.5) is 9.18 Å². The zero-order valence-corrected chi connectivity index (χ0v) is 14.2. The van der Waals surface area contributed by atoms with E-state index in [1.165, 1.54) is 12.1 Å². The number of aromatic nitrogens is 1. The first-order valence-electron chi connectivity index (χ1n) is 8.46. The molecule has 4 nitrogen and oxygen atoms in total. The summed E-state index contributed by atoms with van der Waals surface area (Å²) >= 11 is 0. The maximum Gasteiger partial charge on any atom is 0.315 e. The van der Waals surface area contributed by atoms with Crippen LogP contribution in [-0.4, -0.2) is 17.6 Å². The Kier molecular flexibility index (Phi) is 5.93. The van der Waals surface area contributed by atoms with Crippen LogP contribution in [0.25, 0.3) is 0 Å². The van der Waals surface area contributed by atoms with E-state index in [4.69, 9.17) is 0 Å². The van der Waals surface area contributed by atoms with Gasteiger partial charge in [-0.25, -0.2) is 9.18 Å². The van der Waals surface area contributed by atoms with E-state index in [0.29, 0.717) is 13.0 Å². The molecule has 1 atom stereocenters. The number of hydrogen-bond acceptors (Lipinski definition) is 2. The number of carbonyl (C=O) groups excluding carboxylic acids is 1. The van der Waals surface area contributed by atoms with Crippen LogP contribution in [0.1, 0.15) is 22.7 Å². The van der Waals surface area contributed by atoms with Crippen molar-refractivity contribution in [1.82, 2.24) is 15.6 Å². The number of benzene rings is 2. The molecular weight excluding hydrogens is 329 g/mol. The van der Waals surface area contributed by atoms with Gasteiger partial charge in [0.2, 0.25) is 0 Å². The maximum atomic E-state index is 12.9. The van der Waals surface area contributed by atoms with Gasteiger partial charge in [0.25, 0.3) is 0 Å². The average Bonchev–Trinajstić information content (AvgIpc) is 2.69. The highest BCUT2D eigenvalue weighted by Crippen LogP contribution is 2.21. The van der Waals surface area contributed by atoms with Crippen molar-refractivity contribution in [2.24, 2.45) is 0 Å². The fraction of sp³-hybridized carbons (Fsp3) is 0.143. The molecule has 0 aliphatic carbocycles. The van der Waals surface area contributed by atoms with Gasteiger partial charge >= 0.3 is 6.03 Å². The first-order chi connectivity index (χ1) is 12.7. The second-order valence-corrected chi connectivity index (χ2v) is 5.90. The summed E-state index contributed by atoms with van der Waals surface area (Å²) in [6, 6.07) is 19.3. The van der Waals surface area contributed by atoms with Crippen molar-refractivity contribution in [3.63, 3.8) is 0 Å². The standard InChI is InChI=1S/C21H20FN3O/c22-19-8-6-16(7-9-19)10-15-24-21(26)25-20(17-4-2-1-3-5-17)18-11-13-23-14-12-18/h1-9,11-14,20H,10,15H2,(H2,24,25,26). The molecule has 1 heterocycles. The number of halogens is 1. The summed E-state index contributed by atoms with van der Waals surface area (Å²) in [4.78, 5) is 16.4. The van der Waals surface area contributed by atoms with Crippen molar-refractivity contribution in [3.8, 4) is 0 Å². The SMILES string of the molecule is O=C(NCCc1ccc(F)cc1)NC(c1ccccc1)c1ccncc1. The predicted octanol–water partition coefficient (Wildman–Crippen LogP) is 3.85. The molecule has 1 aromatic heterocycles. The van der Waals surface area contributed by atoms with Crippen molar-refractivity contribution in [2.75, 3.05) is 6.54 Å². The van der Waals surface area contributed by atoms with Crippen LogP contribution < -0.4 is 10.6 Å². The van der Waals surface area contributed by atoms with E-state index in [1.807, 2.05) is 42.5 Å². The first kappa shape index (κ1) is 17.6. The minimum absolute atomic E-state index is 0.252. The number of nitrogens with zero attached hydrogens (tertiary/aromatic N) is 1. The quantitative estimate of drug-likeness (QED) is 0.710. The van der Waals surface area contributed by atoms with Gasteiger partial charge in [0, 0.05) is 18.9 Å².